The van der Waals surface area contributed by atoms with Crippen LogP contribution in [0.2, 0.25) is 0 Å². The third-order valence-corrected chi connectivity index (χ3v) is 12.1. The number of anilines is 2. The highest BCUT2D eigenvalue weighted by molar-refractivity contribution is 7.91. The first-order valence-corrected chi connectivity index (χ1v) is 19.2. The second-order valence-corrected chi connectivity index (χ2v) is 16.1. The minimum Gasteiger partial charge on any atom is -0.490 e. The lowest BCUT2D eigenvalue weighted by Crippen LogP contribution is -2.48. The van der Waals surface area contributed by atoms with Crippen LogP contribution in [-0.4, -0.2) is 86.3 Å². The Balaban J connectivity index is 1.42. The minimum absolute atomic E-state index is 0.0902. The Morgan fingerprint density at radius 2 is 1.84 bits per heavy atom. The second kappa shape index (κ2) is 16.8. The van der Waals surface area contributed by atoms with E-state index in [1.807, 2.05) is 56.3 Å². The molecule has 268 valence electrons. The predicted octanol–water partition coefficient (Wildman–Crippen LogP) is 6.66. The molecule has 0 bridgehead atoms. The quantitative estimate of drug-likeness (QED) is 0.185. The van der Waals surface area contributed by atoms with Crippen LogP contribution in [0.15, 0.2) is 82.4 Å². The van der Waals surface area contributed by atoms with E-state index in [9.17, 15) is 23.1 Å². The van der Waals surface area contributed by atoms with Gasteiger partial charge in [-0.3, -0.25) is 4.79 Å². The van der Waals surface area contributed by atoms with Crippen LogP contribution >= 0.6 is 11.3 Å². The fraction of sp³-hybridized carbons (Fsp3) is 0.405. The van der Waals surface area contributed by atoms with Crippen molar-refractivity contribution < 1.29 is 32.6 Å². The van der Waals surface area contributed by atoms with Gasteiger partial charge in [-0.1, -0.05) is 49.4 Å². The summed E-state index contributed by atoms with van der Waals surface area (Å²) in [7, 11) is -2.19. The van der Waals surface area contributed by atoms with Crippen molar-refractivity contribution >= 4 is 55.4 Å². The Bertz CT molecular complexity index is 1860. The summed E-state index contributed by atoms with van der Waals surface area (Å²) >= 11 is 1.16. The molecule has 3 aromatic carbocycles. The lowest BCUT2D eigenvalue weighted by atomic mass is 10.0. The maximum Gasteiger partial charge on any atom is 0.323 e. The van der Waals surface area contributed by atoms with Gasteiger partial charge in [-0.2, -0.15) is 4.31 Å². The molecule has 5 rings (SSSR count). The number of amides is 3. The van der Waals surface area contributed by atoms with Crippen LogP contribution < -0.4 is 15.4 Å². The van der Waals surface area contributed by atoms with Gasteiger partial charge in [0.2, 0.25) is 0 Å². The van der Waals surface area contributed by atoms with E-state index < -0.39 is 34.1 Å². The topological polar surface area (TPSA) is 138 Å². The van der Waals surface area contributed by atoms with E-state index in [1.54, 1.807) is 47.5 Å². The van der Waals surface area contributed by atoms with Gasteiger partial charge >= 0.3 is 6.03 Å². The van der Waals surface area contributed by atoms with Crippen molar-refractivity contribution in [2.24, 2.45) is 5.92 Å². The number of carbonyl (C=O) groups excluding carboxylic acids is 2. The number of sulfonamides is 1. The second-order valence-electron chi connectivity index (χ2n) is 12.8. The van der Waals surface area contributed by atoms with Gasteiger partial charge in [-0.05, 0) is 74.2 Å². The van der Waals surface area contributed by atoms with Crippen molar-refractivity contribution in [3.05, 3.63) is 83.7 Å². The molecule has 1 aliphatic heterocycles. The van der Waals surface area contributed by atoms with E-state index in [4.69, 9.17) is 9.47 Å². The number of nitrogens with one attached hydrogen (secondary N) is 2. The Morgan fingerprint density at radius 3 is 2.60 bits per heavy atom. The van der Waals surface area contributed by atoms with E-state index in [0.29, 0.717) is 30.2 Å². The number of nitrogens with zero attached hydrogens (tertiary/aromatic N) is 2. The number of thiophene rings is 1. The van der Waals surface area contributed by atoms with Crippen molar-refractivity contribution in [2.45, 2.75) is 62.5 Å². The smallest absolute Gasteiger partial charge is 0.323 e. The Morgan fingerprint density at radius 1 is 1.06 bits per heavy atom. The number of aliphatic hydroxyl groups excluding tert-OH is 1. The fourth-order valence-electron chi connectivity index (χ4n) is 6.00. The number of hydrogen-bond acceptors (Lipinski definition) is 8. The van der Waals surface area contributed by atoms with Crippen molar-refractivity contribution in [1.29, 1.82) is 0 Å². The molecule has 50 heavy (non-hydrogen) atoms. The number of urea groups is 1. The molecule has 13 heteroatoms. The number of aliphatic hydroxyl groups is 1. The van der Waals surface area contributed by atoms with E-state index in [-0.39, 0.29) is 41.5 Å². The van der Waals surface area contributed by atoms with E-state index in [1.165, 1.54) is 11.4 Å². The summed E-state index contributed by atoms with van der Waals surface area (Å²) < 4.78 is 40.7. The van der Waals surface area contributed by atoms with Crippen molar-refractivity contribution in [1.82, 2.24) is 9.21 Å². The molecule has 1 aliphatic rings. The highest BCUT2D eigenvalue weighted by Crippen LogP contribution is 2.30. The zero-order chi connectivity index (χ0) is 35.8. The first-order valence-electron chi connectivity index (χ1n) is 16.9. The van der Waals surface area contributed by atoms with Gasteiger partial charge in [0, 0.05) is 43.7 Å². The maximum absolute atomic E-state index is 14.4. The first kappa shape index (κ1) is 37.3. The molecule has 0 aliphatic carbocycles. The summed E-state index contributed by atoms with van der Waals surface area (Å²) in [4.78, 5) is 29.2. The van der Waals surface area contributed by atoms with E-state index >= 15 is 0 Å². The van der Waals surface area contributed by atoms with Gasteiger partial charge in [0.1, 0.15) is 9.96 Å². The average Bonchev–Trinajstić information content (AvgIpc) is 3.66. The van der Waals surface area contributed by atoms with Crippen LogP contribution in [0.25, 0.3) is 10.8 Å². The highest BCUT2D eigenvalue weighted by Gasteiger charge is 2.32. The molecule has 1 aromatic heterocycles. The molecular formula is C37H46N4O7S2. The average molecular weight is 723 g/mol. The molecule has 0 saturated heterocycles. The molecule has 0 spiro atoms. The summed E-state index contributed by atoms with van der Waals surface area (Å²) in [5.74, 6) is -0.334. The molecule has 4 atom stereocenters. The third kappa shape index (κ3) is 9.01. The predicted molar refractivity (Wildman–Crippen MR) is 198 cm³/mol. The summed E-state index contributed by atoms with van der Waals surface area (Å²) in [5, 5.41) is 19.6. The number of benzene rings is 3. The van der Waals surface area contributed by atoms with Gasteiger partial charge in [-0.25, -0.2) is 13.2 Å². The zero-order valence-electron chi connectivity index (χ0n) is 28.9. The summed E-state index contributed by atoms with van der Waals surface area (Å²) in [5.41, 5.74) is 1.27. The SMILES string of the molecule is C[C@@H]1CCCCO[C@H](CN(C)S(=O)(=O)c2cccs2)[C@@H](C)CN([C@H](C)CO)C(=O)c2cc(NC(=O)Nc3cccc4ccccc34)ccc2O1. The zero-order valence-corrected chi connectivity index (χ0v) is 30.5. The molecule has 0 unspecified atom stereocenters. The Hall–Kier alpha value is -4.01. The summed E-state index contributed by atoms with van der Waals surface area (Å²) in [6, 6.07) is 20.6. The van der Waals surface area contributed by atoms with Gasteiger partial charge in [-0.15, -0.1) is 11.3 Å². The summed E-state index contributed by atoms with van der Waals surface area (Å²) in [6.07, 6.45) is 1.50. The van der Waals surface area contributed by atoms with Crippen LogP contribution in [0, 0.1) is 5.92 Å². The molecule has 0 radical (unpaired) electrons. The fourth-order valence-corrected chi connectivity index (χ4v) is 8.38. The van der Waals surface area contributed by atoms with Crippen molar-refractivity contribution in [2.75, 3.05) is 44.0 Å². The number of ether oxygens (including phenoxy) is 2. The van der Waals surface area contributed by atoms with Crippen LogP contribution in [0.1, 0.15) is 50.4 Å². The van der Waals surface area contributed by atoms with E-state index in [0.717, 1.165) is 35.0 Å². The third-order valence-electron chi connectivity index (χ3n) is 8.94. The maximum atomic E-state index is 14.4. The van der Waals surface area contributed by atoms with Crippen LogP contribution in [-0.2, 0) is 14.8 Å². The molecule has 4 aromatic rings. The highest BCUT2D eigenvalue weighted by atomic mass is 32.2. The molecule has 3 N–H and O–H groups in total. The Labute approximate surface area is 298 Å². The van der Waals surface area contributed by atoms with Gasteiger partial charge < -0.3 is 30.1 Å². The molecule has 0 fully saturated rings. The van der Waals surface area contributed by atoms with E-state index in [2.05, 4.69) is 10.6 Å². The van der Waals surface area contributed by atoms with Crippen molar-refractivity contribution in [3.63, 3.8) is 0 Å². The number of fused-ring (bicyclic) bond motifs is 2. The normalized spacial score (nSPS) is 20.1. The van der Waals surface area contributed by atoms with Gasteiger partial charge in [0.25, 0.3) is 15.9 Å². The molecule has 11 nitrogen and oxygen atoms in total. The first-order chi connectivity index (χ1) is 24.0. The Kier molecular flexibility index (Phi) is 12.5. The number of carbonyl (C=O) groups is 2. The molecular weight excluding hydrogens is 677 g/mol. The minimum atomic E-state index is -3.72. The molecule has 2 heterocycles. The van der Waals surface area contributed by atoms with Crippen molar-refractivity contribution in [3.8, 4) is 5.75 Å². The number of rotatable bonds is 8. The van der Waals surface area contributed by atoms with Crippen LogP contribution in [0.3, 0.4) is 0 Å². The molecule has 3 amide bonds. The summed E-state index contributed by atoms with van der Waals surface area (Å²) in [6.45, 7) is 5.99. The monoisotopic (exact) mass is 722 g/mol. The van der Waals surface area contributed by atoms with Gasteiger partial charge in [0.05, 0.1) is 36.1 Å². The van der Waals surface area contributed by atoms with Crippen LogP contribution in [0.5, 0.6) is 5.75 Å². The lowest BCUT2D eigenvalue weighted by Gasteiger charge is -2.35. The van der Waals surface area contributed by atoms with Gasteiger partial charge in [0.15, 0.2) is 0 Å². The number of hydrogen-bond donors (Lipinski definition) is 3. The standard InChI is InChI=1S/C37H46N4O7S2/c1-25-22-41(26(2)24-42)36(43)31-21-29(38-37(44)39-32-15-9-13-28-12-5-6-14-30(28)32)17-18-33(31)48-27(3)11-7-8-19-47-34(25)23-40(4)50(45,46)35-16-10-20-49-35/h5-6,9-10,12-18,20-21,25-27,34,42H,7-8,11,19,22-24H2,1-4H3,(H2,38,39,44)/t25-,26+,27+,34+/m0/s1. The molecule has 0 saturated carbocycles. The number of likely N-dealkylation sites (N-methyl/N-ethyl adjacent to an activating group) is 1. The van der Waals surface area contributed by atoms with Crippen LogP contribution in [0.4, 0.5) is 16.2 Å². The largest absolute Gasteiger partial charge is 0.490 e. The lowest BCUT2D eigenvalue weighted by molar-refractivity contribution is -0.00832.